The average molecular weight is 281 g/mol. The van der Waals surface area contributed by atoms with E-state index in [0.29, 0.717) is 5.89 Å². The number of rotatable bonds is 5. The molecule has 0 radical (unpaired) electrons. The highest BCUT2D eigenvalue weighted by molar-refractivity contribution is 7.92. The van der Waals surface area contributed by atoms with Gasteiger partial charge in [-0.1, -0.05) is 30.6 Å². The van der Waals surface area contributed by atoms with Crippen LogP contribution in [0, 0.1) is 6.92 Å². The molecule has 6 nitrogen and oxygen atoms in total. The Morgan fingerprint density at radius 3 is 2.42 bits per heavy atom. The Hall–Kier alpha value is -1.89. The first kappa shape index (κ1) is 13.5. The molecule has 0 aliphatic carbocycles. The van der Waals surface area contributed by atoms with Gasteiger partial charge in [0.2, 0.25) is 5.89 Å². The molecule has 1 N–H and O–H groups in total. The highest BCUT2D eigenvalue weighted by Gasteiger charge is 2.17. The van der Waals surface area contributed by atoms with Crippen molar-refractivity contribution >= 4 is 16.0 Å². The minimum Gasteiger partial charge on any atom is -0.408 e. The smallest absolute Gasteiger partial charge is 0.329 e. The van der Waals surface area contributed by atoms with E-state index in [1.54, 1.807) is 31.2 Å². The Balaban J connectivity index is 2.19. The predicted molar refractivity (Wildman–Crippen MR) is 70.3 cm³/mol. The minimum atomic E-state index is -3.68. The van der Waals surface area contributed by atoms with Crippen LogP contribution in [0.4, 0.5) is 6.01 Å². The first-order valence-electron chi connectivity index (χ1n) is 5.93. The molecule has 0 saturated carbocycles. The zero-order chi connectivity index (χ0) is 13.9. The van der Waals surface area contributed by atoms with Gasteiger partial charge in [-0.05, 0) is 24.1 Å². The van der Waals surface area contributed by atoms with E-state index in [9.17, 15) is 8.42 Å². The van der Waals surface area contributed by atoms with E-state index in [-0.39, 0.29) is 10.9 Å². The molecule has 2 aromatic rings. The number of nitrogens with zero attached hydrogens (tertiary/aromatic N) is 2. The summed E-state index contributed by atoms with van der Waals surface area (Å²) in [6.07, 6.45) is 1.95. The molecule has 1 aromatic heterocycles. The summed E-state index contributed by atoms with van der Waals surface area (Å²) in [4.78, 5) is 0.170. The van der Waals surface area contributed by atoms with Crippen molar-refractivity contribution in [2.24, 2.45) is 0 Å². The molecule has 0 aliphatic rings. The lowest BCUT2D eigenvalue weighted by atomic mass is 10.1. The molecule has 0 saturated heterocycles. The van der Waals surface area contributed by atoms with Crippen molar-refractivity contribution in [3.05, 3.63) is 35.7 Å². The Labute approximate surface area is 111 Å². The lowest BCUT2D eigenvalue weighted by molar-refractivity contribution is 0.534. The number of aryl methyl sites for hydroxylation is 2. The molecule has 0 fully saturated rings. The van der Waals surface area contributed by atoms with Gasteiger partial charge >= 0.3 is 6.01 Å². The van der Waals surface area contributed by atoms with E-state index >= 15 is 0 Å². The quantitative estimate of drug-likeness (QED) is 0.907. The molecule has 0 bridgehead atoms. The van der Waals surface area contributed by atoms with Crippen molar-refractivity contribution in [1.82, 2.24) is 10.2 Å². The van der Waals surface area contributed by atoms with Gasteiger partial charge in [0.15, 0.2) is 0 Å². The Morgan fingerprint density at radius 1 is 1.21 bits per heavy atom. The molecule has 2 rings (SSSR count). The first-order valence-corrected chi connectivity index (χ1v) is 7.41. The number of hydrogen-bond acceptors (Lipinski definition) is 5. The van der Waals surface area contributed by atoms with Crippen molar-refractivity contribution in [3.63, 3.8) is 0 Å². The topological polar surface area (TPSA) is 85.1 Å². The minimum absolute atomic E-state index is 0.130. The van der Waals surface area contributed by atoms with Crippen LogP contribution < -0.4 is 4.72 Å². The molecule has 0 atom stereocenters. The van der Waals surface area contributed by atoms with Gasteiger partial charge < -0.3 is 4.42 Å². The first-order chi connectivity index (χ1) is 9.01. The summed E-state index contributed by atoms with van der Waals surface area (Å²) < 4.78 is 31.3. The lowest BCUT2D eigenvalue weighted by Gasteiger charge is -2.05. The number of benzene rings is 1. The van der Waals surface area contributed by atoms with Crippen LogP contribution in [0.5, 0.6) is 0 Å². The fourth-order valence-corrected chi connectivity index (χ4v) is 2.56. The van der Waals surface area contributed by atoms with Crippen LogP contribution >= 0.6 is 0 Å². The fourth-order valence-electron chi connectivity index (χ4n) is 1.64. The molecule has 0 amide bonds. The van der Waals surface area contributed by atoms with Crippen LogP contribution in [0.3, 0.4) is 0 Å². The van der Waals surface area contributed by atoms with Crippen molar-refractivity contribution in [2.45, 2.75) is 31.6 Å². The highest BCUT2D eigenvalue weighted by atomic mass is 32.2. The number of aromatic nitrogens is 2. The third kappa shape index (κ3) is 3.31. The maximum absolute atomic E-state index is 12.0. The zero-order valence-corrected chi connectivity index (χ0v) is 11.6. The maximum Gasteiger partial charge on any atom is 0.329 e. The second-order valence-corrected chi connectivity index (χ2v) is 5.81. The van der Waals surface area contributed by atoms with Crippen LogP contribution in [0.1, 0.15) is 24.8 Å². The van der Waals surface area contributed by atoms with E-state index in [0.717, 1.165) is 18.4 Å². The van der Waals surface area contributed by atoms with Crippen molar-refractivity contribution in [3.8, 4) is 0 Å². The van der Waals surface area contributed by atoms with E-state index in [1.165, 1.54) is 0 Å². The van der Waals surface area contributed by atoms with Crippen molar-refractivity contribution in [2.75, 3.05) is 4.72 Å². The van der Waals surface area contributed by atoms with E-state index in [1.807, 2.05) is 0 Å². The molecule has 19 heavy (non-hydrogen) atoms. The molecular weight excluding hydrogens is 266 g/mol. The van der Waals surface area contributed by atoms with Gasteiger partial charge in [-0.25, -0.2) is 13.1 Å². The number of sulfonamides is 1. The number of nitrogens with one attached hydrogen (secondary N) is 1. The SMILES string of the molecule is CCCc1ccc(S(=O)(=O)Nc2nnc(C)o2)cc1. The summed E-state index contributed by atoms with van der Waals surface area (Å²) in [5.74, 6) is 0.302. The lowest BCUT2D eigenvalue weighted by Crippen LogP contribution is -2.13. The molecule has 102 valence electrons. The van der Waals surface area contributed by atoms with Crippen LogP contribution in [-0.4, -0.2) is 18.6 Å². The Bertz CT molecular complexity index is 647. The van der Waals surface area contributed by atoms with Crippen LogP contribution in [0.15, 0.2) is 33.6 Å². The molecule has 0 spiro atoms. The molecule has 0 aliphatic heterocycles. The Kier molecular flexibility index (Phi) is 3.84. The number of hydrogen-bond donors (Lipinski definition) is 1. The van der Waals surface area contributed by atoms with E-state index in [4.69, 9.17) is 4.42 Å². The maximum atomic E-state index is 12.0. The monoisotopic (exact) mass is 281 g/mol. The van der Waals surface area contributed by atoms with Gasteiger partial charge in [0.1, 0.15) is 0 Å². The van der Waals surface area contributed by atoms with Crippen LogP contribution in [0.25, 0.3) is 0 Å². The van der Waals surface area contributed by atoms with Gasteiger partial charge in [-0.15, -0.1) is 5.10 Å². The van der Waals surface area contributed by atoms with Crippen LogP contribution in [0.2, 0.25) is 0 Å². The fraction of sp³-hybridized carbons (Fsp3) is 0.333. The molecule has 1 heterocycles. The zero-order valence-electron chi connectivity index (χ0n) is 10.8. The van der Waals surface area contributed by atoms with Crippen molar-refractivity contribution < 1.29 is 12.8 Å². The summed E-state index contributed by atoms with van der Waals surface area (Å²) in [5.41, 5.74) is 1.11. The average Bonchev–Trinajstić information content (AvgIpc) is 2.75. The van der Waals surface area contributed by atoms with E-state index < -0.39 is 10.0 Å². The van der Waals surface area contributed by atoms with E-state index in [2.05, 4.69) is 21.8 Å². The van der Waals surface area contributed by atoms with Gasteiger partial charge in [-0.2, -0.15) is 0 Å². The van der Waals surface area contributed by atoms with Gasteiger partial charge in [0, 0.05) is 6.92 Å². The molecule has 1 aromatic carbocycles. The third-order valence-corrected chi connectivity index (χ3v) is 3.86. The summed E-state index contributed by atoms with van der Waals surface area (Å²) in [7, 11) is -3.68. The van der Waals surface area contributed by atoms with Crippen molar-refractivity contribution in [1.29, 1.82) is 0 Å². The summed E-state index contributed by atoms with van der Waals surface area (Å²) in [6.45, 7) is 3.66. The second-order valence-electron chi connectivity index (χ2n) is 4.13. The summed E-state index contributed by atoms with van der Waals surface area (Å²) in [5, 5.41) is 7.16. The Morgan fingerprint density at radius 2 is 1.89 bits per heavy atom. The van der Waals surface area contributed by atoms with Crippen LogP contribution in [-0.2, 0) is 16.4 Å². The number of anilines is 1. The largest absolute Gasteiger partial charge is 0.408 e. The molecule has 7 heteroatoms. The van der Waals surface area contributed by atoms with Gasteiger partial charge in [0.25, 0.3) is 10.0 Å². The molecular formula is C12H15N3O3S. The summed E-state index contributed by atoms with van der Waals surface area (Å²) >= 11 is 0. The predicted octanol–water partition coefficient (Wildman–Crippen LogP) is 2.13. The van der Waals surface area contributed by atoms with Gasteiger partial charge in [-0.3, -0.25) is 0 Å². The standard InChI is InChI=1S/C12H15N3O3S/c1-3-4-10-5-7-11(8-6-10)19(16,17)15-12-14-13-9(2)18-12/h5-8H,3-4H2,1-2H3,(H,14,15). The van der Waals surface area contributed by atoms with Gasteiger partial charge in [0.05, 0.1) is 4.90 Å². The normalized spacial score (nSPS) is 11.5. The highest BCUT2D eigenvalue weighted by Crippen LogP contribution is 2.16. The second kappa shape index (κ2) is 5.40. The third-order valence-electron chi connectivity index (χ3n) is 2.52. The molecule has 0 unspecified atom stereocenters. The summed E-state index contributed by atoms with van der Waals surface area (Å²) in [6, 6.07) is 6.61.